The van der Waals surface area contributed by atoms with Crippen molar-refractivity contribution in [1.82, 2.24) is 14.7 Å². The fourth-order valence-electron chi connectivity index (χ4n) is 3.67. The summed E-state index contributed by atoms with van der Waals surface area (Å²) in [4.78, 5) is 7.30. The average molecular weight is 344 g/mol. The Morgan fingerprint density at radius 3 is 1.43 bits per heavy atom. The summed E-state index contributed by atoms with van der Waals surface area (Å²) in [5.41, 5.74) is 0. The van der Waals surface area contributed by atoms with Crippen molar-refractivity contribution in [2.45, 2.75) is 82.5 Å². The van der Waals surface area contributed by atoms with Crippen LogP contribution in [0.5, 0.6) is 0 Å². The molecule has 0 aliphatic heterocycles. The molecule has 0 fully saturated rings. The Balaban J connectivity index is 4.16. The van der Waals surface area contributed by atoms with Gasteiger partial charge in [-0.25, -0.2) is 0 Å². The molecule has 0 bridgehead atoms. The van der Waals surface area contributed by atoms with Gasteiger partial charge in [-0.05, 0) is 48.7 Å². The zero-order valence-electron chi connectivity index (χ0n) is 17.5. The van der Waals surface area contributed by atoms with Crippen LogP contribution in [0.3, 0.4) is 0 Å². The van der Waals surface area contributed by atoms with Gasteiger partial charge >= 0.3 is 0 Å². The van der Waals surface area contributed by atoms with Crippen LogP contribution in [0.15, 0.2) is 0 Å². The highest BCUT2D eigenvalue weighted by atomic mass is 28.1. The van der Waals surface area contributed by atoms with E-state index >= 15 is 0 Å². The molecule has 0 saturated carbocycles. The van der Waals surface area contributed by atoms with E-state index < -0.39 is 0 Å². The Morgan fingerprint density at radius 1 is 0.696 bits per heavy atom. The lowest BCUT2D eigenvalue weighted by atomic mass is 10.0. The zero-order chi connectivity index (χ0) is 17.9. The van der Waals surface area contributed by atoms with E-state index in [0.29, 0.717) is 6.04 Å². The van der Waals surface area contributed by atoms with Gasteiger partial charge in [0.05, 0.1) is 5.29 Å². The Labute approximate surface area is 150 Å². The monoisotopic (exact) mass is 343 g/mol. The van der Waals surface area contributed by atoms with E-state index in [9.17, 15) is 0 Å². The highest BCUT2D eigenvalue weighted by Crippen LogP contribution is 2.24. The SMILES string of the molecule is CCCCCCCCCCCC(N(C)C)C([SiH3])(N(C)C)N(C)C. The van der Waals surface area contributed by atoms with Crippen LogP contribution >= 0.6 is 0 Å². The first-order chi connectivity index (χ1) is 10.8. The Hall–Kier alpha value is 0.0969. The predicted octanol–water partition coefficient (Wildman–Crippen LogP) is 2.98. The summed E-state index contributed by atoms with van der Waals surface area (Å²) in [6, 6.07) is 0.615. The van der Waals surface area contributed by atoms with Crippen molar-refractivity contribution in [1.29, 1.82) is 0 Å². The fraction of sp³-hybridized carbons (Fsp3) is 1.00. The molecule has 0 rings (SSSR count). The van der Waals surface area contributed by atoms with E-state index in [4.69, 9.17) is 0 Å². The molecule has 0 aliphatic rings. The number of rotatable bonds is 14. The molecule has 0 N–H and O–H groups in total. The van der Waals surface area contributed by atoms with Gasteiger partial charge < -0.3 is 4.90 Å². The first-order valence-corrected chi connectivity index (χ1v) is 10.8. The quantitative estimate of drug-likeness (QED) is 0.273. The second-order valence-electron chi connectivity index (χ2n) is 7.98. The van der Waals surface area contributed by atoms with E-state index in [0.717, 1.165) is 10.2 Å². The molecule has 0 spiro atoms. The smallest absolute Gasteiger partial charge is 0.0666 e. The lowest BCUT2D eigenvalue weighted by Crippen LogP contribution is -2.66. The molecule has 0 saturated heterocycles. The van der Waals surface area contributed by atoms with E-state index in [1.165, 1.54) is 64.2 Å². The van der Waals surface area contributed by atoms with Crippen LogP contribution in [0.1, 0.15) is 71.1 Å². The van der Waals surface area contributed by atoms with Crippen molar-refractivity contribution >= 4 is 10.2 Å². The topological polar surface area (TPSA) is 9.72 Å². The normalized spacial score (nSPS) is 14.3. The summed E-state index contributed by atoms with van der Waals surface area (Å²) in [6.07, 6.45) is 14.0. The molecule has 0 aromatic carbocycles. The second-order valence-corrected chi connectivity index (χ2v) is 9.45. The number of unbranched alkanes of at least 4 members (excludes halogenated alkanes) is 8. The summed E-state index contributed by atoms with van der Waals surface area (Å²) in [5, 5.41) is 0.212. The minimum atomic E-state index is 0.212. The van der Waals surface area contributed by atoms with Crippen LogP contribution < -0.4 is 0 Å². The van der Waals surface area contributed by atoms with Gasteiger partial charge in [0.2, 0.25) is 0 Å². The summed E-state index contributed by atoms with van der Waals surface area (Å²) in [7, 11) is 14.6. The van der Waals surface area contributed by atoms with E-state index in [2.05, 4.69) is 63.9 Å². The zero-order valence-corrected chi connectivity index (χ0v) is 19.5. The lowest BCUT2D eigenvalue weighted by Gasteiger charge is -2.50. The third kappa shape index (κ3) is 8.15. The predicted molar refractivity (Wildman–Crippen MR) is 109 cm³/mol. The number of hydrogen-bond acceptors (Lipinski definition) is 3. The van der Waals surface area contributed by atoms with Crippen LogP contribution in [0, 0.1) is 0 Å². The van der Waals surface area contributed by atoms with Gasteiger partial charge in [0.15, 0.2) is 0 Å². The third-order valence-electron chi connectivity index (χ3n) is 5.65. The van der Waals surface area contributed by atoms with Gasteiger partial charge in [-0.3, -0.25) is 9.80 Å². The molecular weight excluding hydrogens is 298 g/mol. The van der Waals surface area contributed by atoms with Gasteiger partial charge in [0.25, 0.3) is 0 Å². The molecular formula is C19H45N3Si. The van der Waals surface area contributed by atoms with E-state index in [1.54, 1.807) is 0 Å². The molecule has 140 valence electrons. The van der Waals surface area contributed by atoms with Gasteiger partial charge in [0, 0.05) is 16.3 Å². The maximum atomic E-state index is 2.44. The molecule has 1 atom stereocenters. The molecule has 0 amide bonds. The van der Waals surface area contributed by atoms with Crippen LogP contribution in [0.4, 0.5) is 0 Å². The average Bonchev–Trinajstić information content (AvgIpc) is 2.47. The Kier molecular flexibility index (Phi) is 12.5. The van der Waals surface area contributed by atoms with Crippen molar-refractivity contribution in [3.05, 3.63) is 0 Å². The molecule has 0 aliphatic carbocycles. The summed E-state index contributed by atoms with van der Waals surface area (Å²) in [6.45, 7) is 2.29. The molecule has 23 heavy (non-hydrogen) atoms. The van der Waals surface area contributed by atoms with Gasteiger partial charge in [0.1, 0.15) is 0 Å². The minimum Gasteiger partial charge on any atom is -0.304 e. The van der Waals surface area contributed by atoms with Crippen molar-refractivity contribution in [3.8, 4) is 0 Å². The van der Waals surface area contributed by atoms with Crippen LogP contribution in [0.2, 0.25) is 0 Å². The fourth-order valence-corrected chi connectivity index (χ4v) is 4.47. The van der Waals surface area contributed by atoms with Gasteiger partial charge in [-0.2, -0.15) is 0 Å². The maximum Gasteiger partial charge on any atom is 0.0666 e. The standard InChI is InChI=1S/C19H45N3Si/c1-8-9-10-11-12-13-14-15-16-17-18(20(2)3)19(23,21(4)5)22(6)7/h18H,8-17H2,1-7,23H3. The lowest BCUT2D eigenvalue weighted by molar-refractivity contribution is 0.00345. The molecule has 0 aromatic heterocycles. The maximum absolute atomic E-state index is 2.44. The first-order valence-electron chi connectivity index (χ1n) is 9.79. The van der Waals surface area contributed by atoms with Crippen LogP contribution in [-0.4, -0.2) is 78.6 Å². The molecule has 4 heteroatoms. The Morgan fingerprint density at radius 2 is 1.09 bits per heavy atom. The van der Waals surface area contributed by atoms with Crippen LogP contribution in [0.25, 0.3) is 0 Å². The molecule has 3 nitrogen and oxygen atoms in total. The number of nitrogens with zero attached hydrogens (tertiary/aromatic N) is 3. The van der Waals surface area contributed by atoms with Crippen LogP contribution in [-0.2, 0) is 0 Å². The number of hydrogen-bond donors (Lipinski definition) is 0. The highest BCUT2D eigenvalue weighted by molar-refractivity contribution is 6.15. The molecule has 0 radical (unpaired) electrons. The minimum absolute atomic E-state index is 0.212. The van der Waals surface area contributed by atoms with E-state index in [-0.39, 0.29) is 5.29 Å². The van der Waals surface area contributed by atoms with Gasteiger partial charge in [-0.15, -0.1) is 0 Å². The highest BCUT2D eigenvalue weighted by Gasteiger charge is 2.38. The van der Waals surface area contributed by atoms with Crippen molar-refractivity contribution in [3.63, 3.8) is 0 Å². The second kappa shape index (κ2) is 12.5. The van der Waals surface area contributed by atoms with Crippen molar-refractivity contribution < 1.29 is 0 Å². The summed E-state index contributed by atoms with van der Waals surface area (Å²) >= 11 is 0. The van der Waals surface area contributed by atoms with Gasteiger partial charge in [-0.1, -0.05) is 64.7 Å². The third-order valence-corrected chi connectivity index (χ3v) is 8.10. The van der Waals surface area contributed by atoms with Crippen molar-refractivity contribution in [2.24, 2.45) is 0 Å². The number of likely N-dealkylation sites (N-methyl/N-ethyl adjacent to an activating group) is 3. The largest absolute Gasteiger partial charge is 0.304 e. The molecule has 0 heterocycles. The Bertz CT molecular complexity index is 272. The first kappa shape index (κ1) is 23.1. The van der Waals surface area contributed by atoms with Crippen molar-refractivity contribution in [2.75, 3.05) is 42.3 Å². The van der Waals surface area contributed by atoms with E-state index in [1.807, 2.05) is 0 Å². The summed E-state index contributed by atoms with van der Waals surface area (Å²) in [5.74, 6) is 0. The molecule has 0 aromatic rings. The molecule has 1 unspecified atom stereocenters. The summed E-state index contributed by atoms with van der Waals surface area (Å²) < 4.78 is 0.